The van der Waals surface area contributed by atoms with Gasteiger partial charge in [0.2, 0.25) is 0 Å². The molecule has 1 aliphatic rings. The molecule has 98 valence electrons. The van der Waals surface area contributed by atoms with Gasteiger partial charge in [-0.25, -0.2) is 4.79 Å². The summed E-state index contributed by atoms with van der Waals surface area (Å²) >= 11 is 0. The fourth-order valence-electron chi connectivity index (χ4n) is 2.49. The lowest BCUT2D eigenvalue weighted by Crippen LogP contribution is -2.33. The molecule has 0 unspecified atom stereocenters. The van der Waals surface area contributed by atoms with E-state index in [2.05, 4.69) is 4.98 Å². The first kappa shape index (κ1) is 11.6. The van der Waals surface area contributed by atoms with Gasteiger partial charge in [0.05, 0.1) is 0 Å². The van der Waals surface area contributed by atoms with Crippen molar-refractivity contribution < 1.29 is 9.90 Å². The van der Waals surface area contributed by atoms with Crippen LogP contribution in [0.5, 0.6) is 0 Å². The smallest absolute Gasteiger partial charge is 0.407 e. The summed E-state index contributed by atoms with van der Waals surface area (Å²) in [6.45, 7) is 0.982. The minimum atomic E-state index is -0.863. The number of hydrogen-bond acceptors (Lipinski definition) is 2. The number of nitrogens with one attached hydrogen (secondary N) is 1. The van der Waals surface area contributed by atoms with Crippen LogP contribution in [0.25, 0.3) is 16.5 Å². The Bertz CT molecular complexity index is 672. The molecule has 5 heteroatoms. The number of anilines is 1. The Morgan fingerprint density at radius 3 is 2.95 bits per heavy atom. The monoisotopic (exact) mass is 257 g/mol. The number of carbonyl (C=O) groups is 1. The van der Waals surface area contributed by atoms with E-state index in [1.165, 1.54) is 10.5 Å². The number of H-pyrrole nitrogens is 1. The van der Waals surface area contributed by atoms with Crippen molar-refractivity contribution >= 4 is 28.3 Å². The van der Waals surface area contributed by atoms with Gasteiger partial charge in [-0.1, -0.05) is 6.08 Å². The second-order valence-corrected chi connectivity index (χ2v) is 4.72. The lowest BCUT2D eigenvalue weighted by atomic mass is 9.99. The Morgan fingerprint density at radius 2 is 2.26 bits per heavy atom. The fourth-order valence-corrected chi connectivity index (χ4v) is 2.49. The quantitative estimate of drug-likeness (QED) is 0.686. The standard InChI is InChI=1S/C14H15N3O2/c15-10-1-2-13-11(7-10)12(8-16-13)9-3-5-17(6-4-9)14(18)19/h1-3,7-8,16H,4-6,15H2,(H,18,19). The molecule has 2 heterocycles. The molecule has 1 aromatic carbocycles. The molecule has 5 nitrogen and oxygen atoms in total. The number of nitrogen functional groups attached to an aromatic ring is 1. The van der Waals surface area contributed by atoms with Crippen LogP contribution < -0.4 is 5.73 Å². The van der Waals surface area contributed by atoms with Crippen LogP contribution in [0.15, 0.2) is 30.5 Å². The predicted octanol–water partition coefficient (Wildman–Crippen LogP) is 2.52. The van der Waals surface area contributed by atoms with Gasteiger partial charge in [0, 0.05) is 41.4 Å². The highest BCUT2D eigenvalue weighted by atomic mass is 16.4. The Labute approximate surface area is 110 Å². The number of amides is 1. The minimum Gasteiger partial charge on any atom is -0.465 e. The molecular formula is C14H15N3O2. The summed E-state index contributed by atoms with van der Waals surface area (Å²) in [5.41, 5.74) is 9.90. The van der Waals surface area contributed by atoms with E-state index in [9.17, 15) is 4.79 Å². The number of benzene rings is 1. The van der Waals surface area contributed by atoms with Crippen molar-refractivity contribution in [3.05, 3.63) is 36.0 Å². The van der Waals surface area contributed by atoms with Crippen molar-refractivity contribution in [1.82, 2.24) is 9.88 Å². The van der Waals surface area contributed by atoms with E-state index < -0.39 is 6.09 Å². The van der Waals surface area contributed by atoms with Gasteiger partial charge in [-0.2, -0.15) is 0 Å². The molecular weight excluding hydrogens is 242 g/mol. The van der Waals surface area contributed by atoms with Crippen LogP contribution in [0.4, 0.5) is 10.5 Å². The van der Waals surface area contributed by atoms with Crippen LogP contribution in [-0.2, 0) is 0 Å². The molecule has 0 spiro atoms. The molecule has 1 aliphatic heterocycles. The first-order chi connectivity index (χ1) is 9.15. The van der Waals surface area contributed by atoms with Crippen LogP contribution in [0.3, 0.4) is 0 Å². The van der Waals surface area contributed by atoms with E-state index in [0.717, 1.165) is 28.6 Å². The van der Waals surface area contributed by atoms with E-state index in [-0.39, 0.29) is 0 Å². The summed E-state index contributed by atoms with van der Waals surface area (Å²) in [4.78, 5) is 15.5. The molecule has 0 aliphatic carbocycles. The van der Waals surface area contributed by atoms with E-state index in [4.69, 9.17) is 10.8 Å². The number of nitrogens with zero attached hydrogens (tertiary/aromatic N) is 1. The normalized spacial score (nSPS) is 15.6. The molecule has 0 bridgehead atoms. The summed E-state index contributed by atoms with van der Waals surface area (Å²) in [5, 5.41) is 10.0. The van der Waals surface area contributed by atoms with Gasteiger partial charge in [0.1, 0.15) is 0 Å². The summed E-state index contributed by atoms with van der Waals surface area (Å²) in [6, 6.07) is 5.77. The van der Waals surface area contributed by atoms with Gasteiger partial charge in [-0.05, 0) is 30.2 Å². The number of fused-ring (bicyclic) bond motifs is 1. The van der Waals surface area contributed by atoms with E-state index in [1.54, 1.807) is 0 Å². The molecule has 1 aromatic heterocycles. The second kappa shape index (κ2) is 4.35. The van der Waals surface area contributed by atoms with Gasteiger partial charge in [-0.15, -0.1) is 0 Å². The number of aromatic nitrogens is 1. The third kappa shape index (κ3) is 2.03. The predicted molar refractivity (Wildman–Crippen MR) is 74.9 cm³/mol. The first-order valence-electron chi connectivity index (χ1n) is 6.19. The minimum absolute atomic E-state index is 0.444. The topological polar surface area (TPSA) is 82.4 Å². The van der Waals surface area contributed by atoms with Gasteiger partial charge in [-0.3, -0.25) is 0 Å². The largest absolute Gasteiger partial charge is 0.465 e. The zero-order valence-electron chi connectivity index (χ0n) is 10.4. The Kier molecular flexibility index (Phi) is 2.67. The highest BCUT2D eigenvalue weighted by molar-refractivity contribution is 5.94. The van der Waals surface area contributed by atoms with E-state index in [1.807, 2.05) is 30.5 Å². The zero-order valence-corrected chi connectivity index (χ0v) is 10.4. The lowest BCUT2D eigenvalue weighted by Gasteiger charge is -2.23. The maximum absolute atomic E-state index is 10.9. The molecule has 0 atom stereocenters. The third-order valence-electron chi connectivity index (χ3n) is 3.53. The van der Waals surface area contributed by atoms with Gasteiger partial charge in [0.15, 0.2) is 0 Å². The average molecular weight is 257 g/mol. The lowest BCUT2D eigenvalue weighted by molar-refractivity contribution is 0.150. The van der Waals surface area contributed by atoms with Crippen molar-refractivity contribution in [3.8, 4) is 0 Å². The van der Waals surface area contributed by atoms with Crippen molar-refractivity contribution in [3.63, 3.8) is 0 Å². The molecule has 1 amide bonds. The SMILES string of the molecule is Nc1ccc2[nH]cc(C3=CCN(C(=O)O)CC3)c2c1. The Morgan fingerprint density at radius 1 is 1.42 bits per heavy atom. The molecule has 0 saturated heterocycles. The Hall–Kier alpha value is -2.43. The maximum atomic E-state index is 10.9. The Balaban J connectivity index is 1.97. The summed E-state index contributed by atoms with van der Waals surface area (Å²) in [5.74, 6) is 0. The van der Waals surface area contributed by atoms with E-state index >= 15 is 0 Å². The average Bonchev–Trinajstić information content (AvgIpc) is 2.81. The van der Waals surface area contributed by atoms with Crippen LogP contribution in [0.2, 0.25) is 0 Å². The zero-order chi connectivity index (χ0) is 13.4. The molecule has 2 aromatic rings. The number of rotatable bonds is 1. The van der Waals surface area contributed by atoms with Crippen molar-refractivity contribution in [2.75, 3.05) is 18.8 Å². The fraction of sp³-hybridized carbons (Fsp3) is 0.214. The third-order valence-corrected chi connectivity index (χ3v) is 3.53. The number of hydrogen-bond donors (Lipinski definition) is 3. The molecule has 4 N–H and O–H groups in total. The van der Waals surface area contributed by atoms with Crippen LogP contribution in [0, 0.1) is 0 Å². The first-order valence-corrected chi connectivity index (χ1v) is 6.19. The molecule has 19 heavy (non-hydrogen) atoms. The number of nitrogens with two attached hydrogens (primary N) is 1. The summed E-state index contributed by atoms with van der Waals surface area (Å²) in [7, 11) is 0. The van der Waals surface area contributed by atoms with Gasteiger partial charge >= 0.3 is 6.09 Å². The molecule has 3 rings (SSSR count). The van der Waals surface area contributed by atoms with E-state index in [0.29, 0.717) is 13.1 Å². The second-order valence-electron chi connectivity index (χ2n) is 4.72. The highest BCUT2D eigenvalue weighted by Crippen LogP contribution is 2.30. The van der Waals surface area contributed by atoms with Gasteiger partial charge < -0.3 is 20.7 Å². The summed E-state index contributed by atoms with van der Waals surface area (Å²) < 4.78 is 0. The van der Waals surface area contributed by atoms with Gasteiger partial charge in [0.25, 0.3) is 0 Å². The maximum Gasteiger partial charge on any atom is 0.407 e. The molecule has 0 fully saturated rings. The molecule has 0 saturated carbocycles. The van der Waals surface area contributed by atoms with Crippen LogP contribution in [-0.4, -0.2) is 34.2 Å². The highest BCUT2D eigenvalue weighted by Gasteiger charge is 2.18. The molecule has 0 radical (unpaired) electrons. The van der Waals surface area contributed by atoms with Crippen molar-refractivity contribution in [1.29, 1.82) is 0 Å². The summed E-state index contributed by atoms with van der Waals surface area (Å²) in [6.07, 6.45) is 3.81. The van der Waals surface area contributed by atoms with Crippen LogP contribution in [0.1, 0.15) is 12.0 Å². The number of carboxylic acid groups (broad SMARTS) is 1. The van der Waals surface area contributed by atoms with Crippen molar-refractivity contribution in [2.24, 2.45) is 0 Å². The number of aromatic amines is 1. The van der Waals surface area contributed by atoms with Crippen LogP contribution >= 0.6 is 0 Å². The van der Waals surface area contributed by atoms with Crippen molar-refractivity contribution in [2.45, 2.75) is 6.42 Å².